The molecular formula is C14H20FN3O2. The zero-order valence-corrected chi connectivity index (χ0v) is 11.6. The van der Waals surface area contributed by atoms with Gasteiger partial charge in [0.25, 0.3) is 5.69 Å². The number of nitrogens with zero attached hydrogens (tertiary/aromatic N) is 2. The average Bonchev–Trinajstić information content (AvgIpc) is 2.65. The minimum absolute atomic E-state index is 0.193. The van der Waals surface area contributed by atoms with Crippen LogP contribution in [0.4, 0.5) is 15.8 Å². The van der Waals surface area contributed by atoms with E-state index in [9.17, 15) is 14.5 Å². The third-order valence-electron chi connectivity index (χ3n) is 3.78. The van der Waals surface area contributed by atoms with E-state index in [1.54, 1.807) is 0 Å². The van der Waals surface area contributed by atoms with E-state index in [0.717, 1.165) is 45.0 Å². The number of benzene rings is 1. The average molecular weight is 281 g/mol. The molecule has 1 aromatic rings. The maximum absolute atomic E-state index is 13.1. The zero-order chi connectivity index (χ0) is 14.5. The fraction of sp³-hybridized carbons (Fsp3) is 0.571. The second-order valence-electron chi connectivity index (χ2n) is 5.13. The highest BCUT2D eigenvalue weighted by Gasteiger charge is 2.20. The first-order valence-electron chi connectivity index (χ1n) is 7.03. The molecule has 1 aromatic carbocycles. The van der Waals surface area contributed by atoms with Gasteiger partial charge in [-0.15, -0.1) is 0 Å². The molecule has 0 aliphatic carbocycles. The van der Waals surface area contributed by atoms with Gasteiger partial charge in [-0.05, 0) is 44.5 Å². The molecule has 5 nitrogen and oxygen atoms in total. The van der Waals surface area contributed by atoms with Gasteiger partial charge in [0.2, 0.25) is 0 Å². The summed E-state index contributed by atoms with van der Waals surface area (Å²) in [6, 6.07) is 3.88. The Morgan fingerprint density at radius 1 is 1.45 bits per heavy atom. The summed E-state index contributed by atoms with van der Waals surface area (Å²) >= 11 is 0. The fourth-order valence-electron chi connectivity index (χ4n) is 2.61. The molecule has 0 bridgehead atoms. The molecule has 6 heteroatoms. The molecule has 1 aliphatic rings. The molecule has 110 valence electrons. The lowest BCUT2D eigenvalue weighted by atomic mass is 10.1. The molecule has 0 aromatic heterocycles. The molecule has 0 saturated carbocycles. The first-order chi connectivity index (χ1) is 9.60. The Bertz CT molecular complexity index is 481. The van der Waals surface area contributed by atoms with Crippen molar-refractivity contribution in [1.82, 2.24) is 4.90 Å². The smallest absolute Gasteiger partial charge is 0.295 e. The van der Waals surface area contributed by atoms with E-state index in [2.05, 4.69) is 17.1 Å². The molecule has 0 amide bonds. The van der Waals surface area contributed by atoms with Gasteiger partial charge in [0.1, 0.15) is 11.5 Å². The van der Waals surface area contributed by atoms with Gasteiger partial charge in [0.05, 0.1) is 11.0 Å². The van der Waals surface area contributed by atoms with Crippen molar-refractivity contribution in [3.8, 4) is 0 Å². The SMILES string of the molecule is CCN1CCCC(Nc2ccc(F)cc2[N+](=O)[O-])CC1. The number of rotatable bonds is 4. The van der Waals surface area contributed by atoms with Crippen LogP contribution in [-0.2, 0) is 0 Å². The van der Waals surface area contributed by atoms with Crippen LogP contribution in [0.25, 0.3) is 0 Å². The predicted molar refractivity (Wildman–Crippen MR) is 76.4 cm³/mol. The Morgan fingerprint density at radius 3 is 2.95 bits per heavy atom. The van der Waals surface area contributed by atoms with E-state index in [4.69, 9.17) is 0 Å². The van der Waals surface area contributed by atoms with Crippen molar-refractivity contribution in [2.24, 2.45) is 0 Å². The first-order valence-corrected chi connectivity index (χ1v) is 7.03. The Morgan fingerprint density at radius 2 is 2.25 bits per heavy atom. The van der Waals surface area contributed by atoms with Crippen molar-refractivity contribution in [2.45, 2.75) is 32.2 Å². The van der Waals surface area contributed by atoms with Crippen LogP contribution >= 0.6 is 0 Å². The fourth-order valence-corrected chi connectivity index (χ4v) is 2.61. The first kappa shape index (κ1) is 14.7. The van der Waals surface area contributed by atoms with E-state index in [1.807, 2.05) is 0 Å². The highest BCUT2D eigenvalue weighted by molar-refractivity contribution is 5.61. The number of hydrogen-bond donors (Lipinski definition) is 1. The highest BCUT2D eigenvalue weighted by atomic mass is 19.1. The number of nitrogens with one attached hydrogen (secondary N) is 1. The molecule has 1 unspecified atom stereocenters. The molecule has 0 radical (unpaired) electrons. The van der Waals surface area contributed by atoms with Gasteiger partial charge in [0.15, 0.2) is 0 Å². The summed E-state index contributed by atoms with van der Waals surface area (Å²) in [6.45, 7) is 5.23. The molecule has 1 atom stereocenters. The van der Waals surface area contributed by atoms with Crippen LogP contribution < -0.4 is 5.32 Å². The van der Waals surface area contributed by atoms with Crippen molar-refractivity contribution < 1.29 is 9.31 Å². The van der Waals surface area contributed by atoms with Crippen LogP contribution in [0.3, 0.4) is 0 Å². The molecule has 1 saturated heterocycles. The molecule has 1 N–H and O–H groups in total. The lowest BCUT2D eigenvalue weighted by Crippen LogP contribution is -2.26. The summed E-state index contributed by atoms with van der Waals surface area (Å²) in [7, 11) is 0. The maximum atomic E-state index is 13.1. The Hall–Kier alpha value is -1.69. The van der Waals surface area contributed by atoms with E-state index < -0.39 is 10.7 Å². The van der Waals surface area contributed by atoms with Crippen LogP contribution in [0.15, 0.2) is 18.2 Å². The summed E-state index contributed by atoms with van der Waals surface area (Å²) in [5.74, 6) is -0.583. The van der Waals surface area contributed by atoms with E-state index >= 15 is 0 Å². The molecule has 1 aliphatic heterocycles. The van der Waals surface area contributed by atoms with E-state index in [0.29, 0.717) is 5.69 Å². The Balaban J connectivity index is 2.08. The zero-order valence-electron chi connectivity index (χ0n) is 11.6. The summed E-state index contributed by atoms with van der Waals surface area (Å²) in [6.07, 6.45) is 2.99. The van der Waals surface area contributed by atoms with Gasteiger partial charge in [-0.3, -0.25) is 10.1 Å². The summed E-state index contributed by atoms with van der Waals surface area (Å²) in [4.78, 5) is 12.8. The number of likely N-dealkylation sites (tertiary alicyclic amines) is 1. The van der Waals surface area contributed by atoms with Gasteiger partial charge in [-0.25, -0.2) is 4.39 Å². The second kappa shape index (κ2) is 6.65. The third kappa shape index (κ3) is 3.66. The van der Waals surface area contributed by atoms with E-state index in [-0.39, 0.29) is 11.7 Å². The summed E-state index contributed by atoms with van der Waals surface area (Å²) in [5, 5.41) is 14.2. The Labute approximate surface area is 117 Å². The van der Waals surface area contributed by atoms with Gasteiger partial charge < -0.3 is 10.2 Å². The molecule has 1 fully saturated rings. The van der Waals surface area contributed by atoms with Crippen LogP contribution in [-0.4, -0.2) is 35.5 Å². The highest BCUT2D eigenvalue weighted by Crippen LogP contribution is 2.27. The number of halogens is 1. The number of hydrogen-bond acceptors (Lipinski definition) is 4. The van der Waals surface area contributed by atoms with Crippen molar-refractivity contribution in [2.75, 3.05) is 25.0 Å². The lowest BCUT2D eigenvalue weighted by molar-refractivity contribution is -0.384. The Kier molecular flexibility index (Phi) is 4.89. The topological polar surface area (TPSA) is 58.4 Å². The number of nitro groups is 1. The molecule has 1 heterocycles. The summed E-state index contributed by atoms with van der Waals surface area (Å²) < 4.78 is 13.1. The monoisotopic (exact) mass is 281 g/mol. The predicted octanol–water partition coefficient (Wildman–Crippen LogP) is 3.02. The molecular weight excluding hydrogens is 261 g/mol. The maximum Gasteiger partial charge on any atom is 0.295 e. The quantitative estimate of drug-likeness (QED) is 0.681. The summed E-state index contributed by atoms with van der Waals surface area (Å²) in [5.41, 5.74) is 0.216. The lowest BCUT2D eigenvalue weighted by Gasteiger charge is -2.19. The van der Waals surface area contributed by atoms with Crippen molar-refractivity contribution >= 4 is 11.4 Å². The van der Waals surface area contributed by atoms with Crippen LogP contribution in [0.5, 0.6) is 0 Å². The third-order valence-corrected chi connectivity index (χ3v) is 3.78. The number of anilines is 1. The standard InChI is InChI=1S/C14H20FN3O2/c1-2-17-8-3-4-12(7-9-17)16-13-6-5-11(15)10-14(13)18(19)20/h5-6,10,12,16H,2-4,7-9H2,1H3. The van der Waals surface area contributed by atoms with Crippen molar-refractivity contribution in [1.29, 1.82) is 0 Å². The molecule has 0 spiro atoms. The van der Waals surface area contributed by atoms with Crippen LogP contribution in [0.1, 0.15) is 26.2 Å². The largest absolute Gasteiger partial charge is 0.377 e. The van der Waals surface area contributed by atoms with Crippen molar-refractivity contribution in [3.63, 3.8) is 0 Å². The van der Waals surface area contributed by atoms with Crippen LogP contribution in [0, 0.1) is 15.9 Å². The van der Waals surface area contributed by atoms with Gasteiger partial charge in [0, 0.05) is 12.6 Å². The second-order valence-corrected chi connectivity index (χ2v) is 5.13. The van der Waals surface area contributed by atoms with Crippen LogP contribution in [0.2, 0.25) is 0 Å². The number of nitro benzene ring substituents is 1. The normalized spacial score (nSPS) is 20.4. The molecule has 20 heavy (non-hydrogen) atoms. The van der Waals surface area contributed by atoms with Crippen molar-refractivity contribution in [3.05, 3.63) is 34.1 Å². The minimum atomic E-state index is -0.583. The van der Waals surface area contributed by atoms with Gasteiger partial charge in [-0.2, -0.15) is 0 Å². The van der Waals surface area contributed by atoms with Gasteiger partial charge in [-0.1, -0.05) is 6.92 Å². The minimum Gasteiger partial charge on any atom is -0.377 e. The molecule has 2 rings (SSSR count). The van der Waals surface area contributed by atoms with E-state index in [1.165, 1.54) is 12.1 Å². The van der Waals surface area contributed by atoms with Gasteiger partial charge >= 0.3 is 0 Å².